The van der Waals surface area contributed by atoms with Crippen LogP contribution in [0, 0.1) is 17.8 Å². The highest BCUT2D eigenvalue weighted by Gasteiger charge is 2.47. The second-order valence-electron chi connectivity index (χ2n) is 12.9. The summed E-state index contributed by atoms with van der Waals surface area (Å²) >= 11 is 1.87. The molecule has 0 amide bonds. The first-order valence-electron chi connectivity index (χ1n) is 13.9. The largest absolute Gasteiger partial charge is 0.448 e. The zero-order valence-electron chi connectivity index (χ0n) is 24.9. The monoisotopic (exact) mass is 657 g/mol. The first-order chi connectivity index (χ1) is 17.3. The summed E-state index contributed by atoms with van der Waals surface area (Å²) in [5.74, 6) is -1.36. The number of nitrogens with zero attached hydrogens (tertiary/aromatic N) is 1. The number of carbonyl (C=O) groups is 1. The van der Waals surface area contributed by atoms with Gasteiger partial charge in [-0.15, -0.1) is 0 Å². The normalized spacial score (nSPS) is 49.1. The van der Waals surface area contributed by atoms with Crippen molar-refractivity contribution in [2.45, 2.75) is 133 Å². The van der Waals surface area contributed by atoms with E-state index in [2.05, 4.69) is 6.92 Å². The molecular weight excluding hydrogens is 605 g/mol. The van der Waals surface area contributed by atoms with Gasteiger partial charge in [0, 0.05) is 32.5 Å². The van der Waals surface area contributed by atoms with Gasteiger partial charge in [-0.25, -0.2) is 0 Å². The Hall–Kier alpha value is -0.0800. The minimum absolute atomic E-state index is 0.0863. The number of halogens is 1. The molecule has 0 bridgehead atoms. The van der Waals surface area contributed by atoms with Gasteiger partial charge in [0.1, 0.15) is 11.7 Å². The molecule has 3 N–H and O–H groups in total. The van der Waals surface area contributed by atoms with Crippen LogP contribution in [0.2, 0.25) is 0 Å². The predicted octanol–water partition coefficient (Wildman–Crippen LogP) is 3.49. The van der Waals surface area contributed by atoms with Crippen molar-refractivity contribution in [2.24, 2.45) is 17.8 Å². The molecule has 0 radical (unpaired) electrons. The lowest BCUT2D eigenvalue weighted by atomic mass is 9.80. The van der Waals surface area contributed by atoms with Gasteiger partial charge >= 0.3 is 5.97 Å². The molecule has 0 aromatic rings. The van der Waals surface area contributed by atoms with Crippen LogP contribution in [0.25, 0.3) is 0 Å². The van der Waals surface area contributed by atoms with Gasteiger partial charge in [0.2, 0.25) is 0 Å². The van der Waals surface area contributed by atoms with E-state index in [0.29, 0.717) is 25.8 Å². The van der Waals surface area contributed by atoms with Crippen LogP contribution >= 0.6 is 22.6 Å². The van der Waals surface area contributed by atoms with Gasteiger partial charge in [-0.1, -0.05) is 13.8 Å². The number of carbonyl (C=O) groups excluding carboxylic acids is 1. The summed E-state index contributed by atoms with van der Waals surface area (Å²) in [6.45, 7) is 15.5. The summed E-state index contributed by atoms with van der Waals surface area (Å²) in [5, 5.41) is 33.7. The average molecular weight is 658 g/mol. The molecule has 2 saturated heterocycles. The Bertz CT molecular complexity index is 782. The Kier molecular flexibility index (Phi) is 11.9. The second-order valence-corrected chi connectivity index (χ2v) is 14.1. The third-order valence-electron chi connectivity index (χ3n) is 8.51. The third-order valence-corrected chi connectivity index (χ3v) is 10.0. The number of methoxy groups -OCH3 is 1. The van der Waals surface area contributed by atoms with Gasteiger partial charge < -0.3 is 39.2 Å². The van der Waals surface area contributed by atoms with Crippen molar-refractivity contribution in [3.8, 4) is 0 Å². The standard InChI is InChI=1S/C28H52INO8/c1-16-11-26(6,33)12-17(2)22(37-21-14-27(7,35-10)13-18(3)36-21)19(4)24(32)38-25(29)28(8,34)23(31)20(5)30(9)15-16/h16-23,25,31,33-34H,11-15H2,1-10H3/t16-,17-,18+,19-,20-,21+,22+,23-,25+,26-,27+,28+/m1/s1. The van der Waals surface area contributed by atoms with Crippen LogP contribution in [0.5, 0.6) is 0 Å². The fourth-order valence-electron chi connectivity index (χ4n) is 6.26. The highest BCUT2D eigenvalue weighted by atomic mass is 127. The van der Waals surface area contributed by atoms with E-state index >= 15 is 0 Å². The summed E-state index contributed by atoms with van der Waals surface area (Å²) in [7, 11) is 3.56. The van der Waals surface area contributed by atoms with Crippen LogP contribution in [-0.2, 0) is 23.7 Å². The topological polar surface area (TPSA) is 118 Å². The van der Waals surface area contributed by atoms with Gasteiger partial charge in [0.15, 0.2) is 10.4 Å². The van der Waals surface area contributed by atoms with Gasteiger partial charge in [-0.3, -0.25) is 4.79 Å². The molecule has 9 nitrogen and oxygen atoms in total. The smallest absolute Gasteiger partial charge is 0.312 e. The summed E-state index contributed by atoms with van der Waals surface area (Å²) in [6.07, 6.45) is -0.294. The number of rotatable bonds is 3. The van der Waals surface area contributed by atoms with Crippen LogP contribution in [0.3, 0.4) is 0 Å². The Balaban J connectivity index is 2.41. The Morgan fingerprint density at radius 2 is 1.63 bits per heavy atom. The lowest BCUT2D eigenvalue weighted by Gasteiger charge is -2.43. The zero-order valence-corrected chi connectivity index (χ0v) is 27.1. The van der Waals surface area contributed by atoms with Crippen molar-refractivity contribution in [3.05, 3.63) is 0 Å². The summed E-state index contributed by atoms with van der Waals surface area (Å²) in [6, 6.07) is -0.411. The Labute approximate surface area is 243 Å². The number of aliphatic hydroxyl groups is 3. The van der Waals surface area contributed by atoms with Crippen LogP contribution in [0.15, 0.2) is 0 Å². The molecule has 224 valence electrons. The highest BCUT2D eigenvalue weighted by molar-refractivity contribution is 14.1. The molecule has 2 fully saturated rings. The number of likely N-dealkylation sites (N-methyl/N-ethyl adjacent to an activating group) is 1. The quantitative estimate of drug-likeness (QED) is 0.238. The van der Waals surface area contributed by atoms with E-state index in [-0.39, 0.29) is 17.9 Å². The Morgan fingerprint density at radius 1 is 1.03 bits per heavy atom. The van der Waals surface area contributed by atoms with Crippen LogP contribution in [-0.4, -0.2) is 98.4 Å². The number of hydrogen-bond donors (Lipinski definition) is 3. The number of esters is 1. The molecule has 0 spiro atoms. The van der Waals surface area contributed by atoms with E-state index in [9.17, 15) is 20.1 Å². The van der Waals surface area contributed by atoms with Crippen molar-refractivity contribution in [2.75, 3.05) is 20.7 Å². The van der Waals surface area contributed by atoms with Gasteiger partial charge in [-0.2, -0.15) is 0 Å². The van der Waals surface area contributed by atoms with Crippen LogP contribution in [0.4, 0.5) is 0 Å². The van der Waals surface area contributed by atoms with Crippen molar-refractivity contribution in [1.82, 2.24) is 4.90 Å². The number of ether oxygens (including phenoxy) is 4. The number of hydrogen-bond acceptors (Lipinski definition) is 9. The highest BCUT2D eigenvalue weighted by Crippen LogP contribution is 2.37. The molecule has 2 rings (SSSR count). The van der Waals surface area contributed by atoms with Crippen molar-refractivity contribution >= 4 is 28.6 Å². The maximum Gasteiger partial charge on any atom is 0.312 e. The molecule has 0 unspecified atom stereocenters. The van der Waals surface area contributed by atoms with E-state index in [1.54, 1.807) is 14.0 Å². The average Bonchev–Trinajstić information content (AvgIpc) is 2.78. The van der Waals surface area contributed by atoms with Crippen LogP contribution in [0.1, 0.15) is 81.1 Å². The maximum atomic E-state index is 13.4. The molecule has 0 saturated carbocycles. The molecule has 10 heteroatoms. The lowest BCUT2D eigenvalue weighted by Crippen LogP contribution is -2.57. The fourth-order valence-corrected chi connectivity index (χ4v) is 6.88. The first-order valence-corrected chi connectivity index (χ1v) is 15.1. The zero-order chi connectivity index (χ0) is 29.2. The lowest BCUT2D eigenvalue weighted by molar-refractivity contribution is -0.265. The van der Waals surface area contributed by atoms with E-state index in [1.807, 2.05) is 69.2 Å². The molecule has 0 aromatic heterocycles. The predicted molar refractivity (Wildman–Crippen MR) is 154 cm³/mol. The first kappa shape index (κ1) is 34.1. The number of cyclic esters (lactones) is 1. The molecule has 0 aromatic carbocycles. The molecule has 2 aliphatic rings. The minimum atomic E-state index is -1.69. The van der Waals surface area contributed by atoms with E-state index in [4.69, 9.17) is 18.9 Å². The summed E-state index contributed by atoms with van der Waals surface area (Å²) in [5.41, 5.74) is -3.12. The molecule has 0 aliphatic carbocycles. The molecule has 2 heterocycles. The fraction of sp³-hybridized carbons (Fsp3) is 0.964. The van der Waals surface area contributed by atoms with Crippen molar-refractivity contribution in [1.29, 1.82) is 0 Å². The second kappa shape index (κ2) is 13.3. The number of alkyl halides is 1. The number of aliphatic hydroxyl groups excluding tert-OH is 1. The SMILES string of the molecule is CO[C@]1(C)C[C@H](O[C@H]2[C@H](C)C[C@](C)(O)C[C@@H](C)CN(C)[C@H](C)[C@@H](O)[C@](C)(O)[C@@H](I)OC(=O)[C@@H]2C)O[C@@H](C)C1. The van der Waals surface area contributed by atoms with E-state index in [0.717, 1.165) is 6.42 Å². The summed E-state index contributed by atoms with van der Waals surface area (Å²) < 4.78 is 23.1. The van der Waals surface area contributed by atoms with Crippen LogP contribution < -0.4 is 0 Å². The Morgan fingerprint density at radius 3 is 2.21 bits per heavy atom. The summed E-state index contributed by atoms with van der Waals surface area (Å²) in [4.78, 5) is 15.4. The van der Waals surface area contributed by atoms with E-state index in [1.165, 1.54) is 6.92 Å². The van der Waals surface area contributed by atoms with E-state index < -0.39 is 57.3 Å². The minimum Gasteiger partial charge on any atom is -0.448 e. The molecular formula is C28H52INO8. The third kappa shape index (κ3) is 8.71. The molecule has 38 heavy (non-hydrogen) atoms. The molecule has 2 aliphatic heterocycles. The molecule has 12 atom stereocenters. The maximum absolute atomic E-state index is 13.4. The van der Waals surface area contributed by atoms with Crippen molar-refractivity contribution in [3.63, 3.8) is 0 Å². The van der Waals surface area contributed by atoms with Gasteiger partial charge in [-0.05, 0) is 95.9 Å². The van der Waals surface area contributed by atoms with Gasteiger partial charge in [0.05, 0.1) is 29.3 Å². The van der Waals surface area contributed by atoms with Crippen molar-refractivity contribution < 1.29 is 39.1 Å². The van der Waals surface area contributed by atoms with Gasteiger partial charge in [0.25, 0.3) is 0 Å².